The Morgan fingerprint density at radius 1 is 1.33 bits per heavy atom. The predicted molar refractivity (Wildman–Crippen MR) is 65.8 cm³/mol. The van der Waals surface area contributed by atoms with Crippen molar-refractivity contribution in [2.45, 2.75) is 30.3 Å². The van der Waals surface area contributed by atoms with E-state index in [-0.39, 0.29) is 12.1 Å². The summed E-state index contributed by atoms with van der Waals surface area (Å²) in [5.41, 5.74) is 0. The van der Waals surface area contributed by atoms with E-state index in [9.17, 15) is 0 Å². The van der Waals surface area contributed by atoms with Crippen molar-refractivity contribution in [2.24, 2.45) is 0 Å². The molecule has 2 aromatic rings. The third-order valence-electron chi connectivity index (χ3n) is 1.75. The molecule has 18 heavy (non-hydrogen) atoms. The van der Waals surface area contributed by atoms with Gasteiger partial charge in [0.1, 0.15) is 6.26 Å². The van der Waals surface area contributed by atoms with Gasteiger partial charge in [0.25, 0.3) is 5.22 Å². The summed E-state index contributed by atoms with van der Waals surface area (Å²) in [4.78, 5) is 16.5. The Labute approximate surface area is 108 Å². The lowest BCUT2D eigenvalue weighted by molar-refractivity contribution is 0.219. The molecule has 0 radical (unpaired) electrons. The summed E-state index contributed by atoms with van der Waals surface area (Å²) >= 11 is 1.21. The standard InChI is InChI=1S/C10H13N5O2S/c1-6(2)17-8-13-7(11-3)14-9(15-8)18-10-12-4-5-16-10/h4-6H,1-3H3,(H,11,13,14,15). The minimum atomic E-state index is -0.00306. The van der Waals surface area contributed by atoms with Gasteiger partial charge in [-0.25, -0.2) is 4.98 Å². The SMILES string of the molecule is CNc1nc(OC(C)C)nc(Sc2ncco2)n1. The van der Waals surface area contributed by atoms with Crippen LogP contribution >= 0.6 is 11.8 Å². The fourth-order valence-electron chi connectivity index (χ4n) is 1.10. The van der Waals surface area contributed by atoms with E-state index in [1.54, 1.807) is 13.2 Å². The molecule has 0 aliphatic rings. The van der Waals surface area contributed by atoms with Crippen molar-refractivity contribution in [3.8, 4) is 6.01 Å². The van der Waals surface area contributed by atoms with Gasteiger partial charge in [-0.05, 0) is 13.8 Å². The van der Waals surface area contributed by atoms with E-state index in [1.807, 2.05) is 13.8 Å². The molecule has 0 spiro atoms. The normalized spacial score (nSPS) is 10.7. The largest absolute Gasteiger partial charge is 0.461 e. The van der Waals surface area contributed by atoms with E-state index in [0.717, 1.165) is 0 Å². The summed E-state index contributed by atoms with van der Waals surface area (Å²) in [5.74, 6) is 0.440. The molecule has 1 N–H and O–H groups in total. The van der Waals surface area contributed by atoms with Crippen LogP contribution in [0, 0.1) is 0 Å². The zero-order valence-corrected chi connectivity index (χ0v) is 11.1. The van der Waals surface area contributed by atoms with Gasteiger partial charge in [0.15, 0.2) is 0 Å². The van der Waals surface area contributed by atoms with Crippen LogP contribution in [0.2, 0.25) is 0 Å². The van der Waals surface area contributed by atoms with Crippen molar-refractivity contribution in [2.75, 3.05) is 12.4 Å². The molecule has 0 atom stereocenters. The number of aromatic nitrogens is 4. The second-order valence-electron chi connectivity index (χ2n) is 3.54. The number of anilines is 1. The quantitative estimate of drug-likeness (QED) is 0.878. The van der Waals surface area contributed by atoms with Crippen LogP contribution in [0.5, 0.6) is 6.01 Å². The lowest BCUT2D eigenvalue weighted by Crippen LogP contribution is -2.10. The molecule has 0 aromatic carbocycles. The Bertz CT molecular complexity index is 503. The van der Waals surface area contributed by atoms with Crippen LogP contribution in [-0.2, 0) is 0 Å². The molecule has 8 heteroatoms. The van der Waals surface area contributed by atoms with Crippen molar-refractivity contribution < 1.29 is 9.15 Å². The molecule has 0 saturated carbocycles. The van der Waals surface area contributed by atoms with Crippen LogP contribution in [0.3, 0.4) is 0 Å². The first kappa shape index (κ1) is 12.6. The first-order chi connectivity index (χ1) is 8.67. The van der Waals surface area contributed by atoms with E-state index in [2.05, 4.69) is 25.3 Å². The minimum Gasteiger partial charge on any atom is -0.461 e. The molecular formula is C10H13N5O2S. The molecule has 0 amide bonds. The number of hydrogen-bond acceptors (Lipinski definition) is 8. The van der Waals surface area contributed by atoms with Crippen molar-refractivity contribution in [3.63, 3.8) is 0 Å². The summed E-state index contributed by atoms with van der Waals surface area (Å²) in [6, 6.07) is 0.276. The van der Waals surface area contributed by atoms with Gasteiger partial charge < -0.3 is 14.5 Å². The first-order valence-corrected chi connectivity index (χ1v) is 6.17. The average Bonchev–Trinajstić information content (AvgIpc) is 2.80. The van der Waals surface area contributed by atoms with E-state index in [1.165, 1.54) is 18.0 Å². The van der Waals surface area contributed by atoms with E-state index in [0.29, 0.717) is 16.3 Å². The molecule has 96 valence electrons. The third-order valence-corrected chi connectivity index (χ3v) is 2.49. The maximum absolute atomic E-state index is 5.45. The lowest BCUT2D eigenvalue weighted by Gasteiger charge is -2.09. The molecule has 2 heterocycles. The molecule has 0 saturated heterocycles. The van der Waals surface area contributed by atoms with Crippen LogP contribution in [0.4, 0.5) is 5.95 Å². The molecule has 0 aliphatic heterocycles. The average molecular weight is 267 g/mol. The van der Waals surface area contributed by atoms with Crippen molar-refractivity contribution >= 4 is 17.7 Å². The highest BCUT2D eigenvalue weighted by Gasteiger charge is 2.11. The predicted octanol–water partition coefficient (Wildman–Crippen LogP) is 1.84. The Balaban J connectivity index is 2.23. The maximum atomic E-state index is 5.45. The highest BCUT2D eigenvalue weighted by atomic mass is 32.2. The molecule has 2 rings (SSSR count). The summed E-state index contributed by atoms with van der Waals surface area (Å²) in [6.45, 7) is 3.81. The maximum Gasteiger partial charge on any atom is 0.322 e. The zero-order valence-electron chi connectivity index (χ0n) is 10.2. The van der Waals surface area contributed by atoms with E-state index >= 15 is 0 Å². The summed E-state index contributed by atoms with van der Waals surface area (Å²) in [6.07, 6.45) is 3.05. The van der Waals surface area contributed by atoms with E-state index in [4.69, 9.17) is 9.15 Å². The Hall–Kier alpha value is -1.83. The Morgan fingerprint density at radius 3 is 2.78 bits per heavy atom. The van der Waals surface area contributed by atoms with Crippen LogP contribution in [0.25, 0.3) is 0 Å². The number of nitrogens with zero attached hydrogens (tertiary/aromatic N) is 4. The van der Waals surface area contributed by atoms with E-state index < -0.39 is 0 Å². The van der Waals surface area contributed by atoms with Gasteiger partial charge >= 0.3 is 6.01 Å². The summed E-state index contributed by atoms with van der Waals surface area (Å²) in [7, 11) is 1.73. The number of oxazole rings is 1. The van der Waals surface area contributed by atoms with Crippen molar-refractivity contribution in [1.82, 2.24) is 19.9 Å². The molecule has 2 aromatic heterocycles. The second kappa shape index (κ2) is 5.67. The Kier molecular flexibility index (Phi) is 3.98. The van der Waals surface area contributed by atoms with Gasteiger partial charge in [-0.3, -0.25) is 0 Å². The van der Waals surface area contributed by atoms with Gasteiger partial charge in [-0.2, -0.15) is 15.0 Å². The molecular weight excluding hydrogens is 254 g/mol. The van der Waals surface area contributed by atoms with Gasteiger partial charge in [-0.15, -0.1) is 0 Å². The number of hydrogen-bond donors (Lipinski definition) is 1. The Morgan fingerprint density at radius 2 is 2.17 bits per heavy atom. The highest BCUT2D eigenvalue weighted by Crippen LogP contribution is 2.24. The van der Waals surface area contributed by atoms with Crippen LogP contribution in [-0.4, -0.2) is 33.1 Å². The molecule has 7 nitrogen and oxygen atoms in total. The first-order valence-electron chi connectivity index (χ1n) is 5.35. The van der Waals surface area contributed by atoms with Gasteiger partial charge in [0.2, 0.25) is 11.1 Å². The van der Waals surface area contributed by atoms with Gasteiger partial charge in [-0.1, -0.05) is 0 Å². The van der Waals surface area contributed by atoms with Gasteiger partial charge in [0, 0.05) is 18.8 Å². The number of rotatable bonds is 5. The number of nitrogens with one attached hydrogen (secondary N) is 1. The fourth-order valence-corrected chi connectivity index (χ4v) is 1.73. The highest BCUT2D eigenvalue weighted by molar-refractivity contribution is 7.98. The summed E-state index contributed by atoms with van der Waals surface area (Å²) < 4.78 is 10.6. The lowest BCUT2D eigenvalue weighted by atomic mass is 10.5. The smallest absolute Gasteiger partial charge is 0.322 e. The van der Waals surface area contributed by atoms with Crippen molar-refractivity contribution in [1.29, 1.82) is 0 Å². The van der Waals surface area contributed by atoms with Gasteiger partial charge in [0.05, 0.1) is 12.3 Å². The zero-order chi connectivity index (χ0) is 13.0. The molecule has 0 aliphatic carbocycles. The molecule has 0 unspecified atom stereocenters. The van der Waals surface area contributed by atoms with Crippen molar-refractivity contribution in [3.05, 3.63) is 12.5 Å². The molecule has 0 fully saturated rings. The van der Waals surface area contributed by atoms with Crippen LogP contribution in [0.15, 0.2) is 27.3 Å². The third kappa shape index (κ3) is 3.33. The topological polar surface area (TPSA) is 86.0 Å². The molecule has 0 bridgehead atoms. The number of ether oxygens (including phenoxy) is 1. The second-order valence-corrected chi connectivity index (χ2v) is 4.46. The fraction of sp³-hybridized carbons (Fsp3) is 0.400. The minimum absolute atomic E-state index is 0.00306. The van der Waals surface area contributed by atoms with Crippen LogP contribution in [0.1, 0.15) is 13.8 Å². The summed E-state index contributed by atoms with van der Waals surface area (Å²) in [5, 5.41) is 3.79. The monoisotopic (exact) mass is 267 g/mol. The van der Waals surface area contributed by atoms with Crippen LogP contribution < -0.4 is 10.1 Å².